The number of H-pyrrole nitrogens is 1. The second-order valence-electron chi connectivity index (χ2n) is 7.33. The quantitative estimate of drug-likeness (QED) is 0.899. The average Bonchev–Trinajstić information content (AvgIpc) is 3.40. The molecule has 0 bridgehead atoms. The van der Waals surface area contributed by atoms with E-state index in [-0.39, 0.29) is 17.9 Å². The van der Waals surface area contributed by atoms with Crippen LogP contribution in [0.25, 0.3) is 0 Å². The van der Waals surface area contributed by atoms with Crippen LogP contribution in [0.1, 0.15) is 59.8 Å². The third kappa shape index (κ3) is 3.72. The van der Waals surface area contributed by atoms with E-state index in [0.29, 0.717) is 18.5 Å². The SMILES string of the molecule is O=C(c1cn[nH]c1[C@@H]1CCCCN1C(=O)Cc1cccnc1)N1CCCC1. The highest BCUT2D eigenvalue weighted by Crippen LogP contribution is 2.33. The van der Waals surface area contributed by atoms with Crippen molar-refractivity contribution in [2.24, 2.45) is 0 Å². The highest BCUT2D eigenvalue weighted by atomic mass is 16.2. The van der Waals surface area contributed by atoms with Gasteiger partial charge in [0.05, 0.1) is 29.9 Å². The molecule has 2 amide bonds. The van der Waals surface area contributed by atoms with Gasteiger partial charge in [-0.15, -0.1) is 0 Å². The lowest BCUT2D eigenvalue weighted by Crippen LogP contribution is -2.40. The first-order chi connectivity index (χ1) is 13.2. The zero-order valence-electron chi connectivity index (χ0n) is 15.4. The molecule has 0 aromatic carbocycles. The van der Waals surface area contributed by atoms with Crippen molar-refractivity contribution in [2.45, 2.75) is 44.6 Å². The molecule has 4 rings (SSSR count). The number of hydrogen-bond acceptors (Lipinski definition) is 4. The Morgan fingerprint density at radius 2 is 1.93 bits per heavy atom. The maximum absolute atomic E-state index is 13.0. The minimum atomic E-state index is -0.119. The van der Waals surface area contributed by atoms with Crippen LogP contribution < -0.4 is 0 Å². The van der Waals surface area contributed by atoms with Gasteiger partial charge in [-0.2, -0.15) is 5.10 Å². The number of carbonyl (C=O) groups excluding carboxylic acids is 2. The fraction of sp³-hybridized carbons (Fsp3) is 0.500. The molecule has 0 spiro atoms. The molecule has 2 aromatic heterocycles. The van der Waals surface area contributed by atoms with Crippen molar-refractivity contribution in [3.05, 3.63) is 47.5 Å². The fourth-order valence-corrected chi connectivity index (χ4v) is 4.12. The number of rotatable bonds is 4. The van der Waals surface area contributed by atoms with Crippen LogP contribution in [-0.2, 0) is 11.2 Å². The lowest BCUT2D eigenvalue weighted by atomic mass is 9.96. The van der Waals surface area contributed by atoms with Crippen molar-refractivity contribution in [1.29, 1.82) is 0 Å². The first-order valence-corrected chi connectivity index (χ1v) is 9.75. The summed E-state index contributed by atoms with van der Waals surface area (Å²) in [5, 5.41) is 7.17. The minimum absolute atomic E-state index is 0.0291. The second kappa shape index (κ2) is 7.90. The normalized spacial score (nSPS) is 20.1. The summed E-state index contributed by atoms with van der Waals surface area (Å²) in [6, 6.07) is 3.65. The number of nitrogens with zero attached hydrogens (tertiary/aromatic N) is 4. The van der Waals surface area contributed by atoms with Gasteiger partial charge in [0.2, 0.25) is 5.91 Å². The number of hydrogen-bond donors (Lipinski definition) is 1. The van der Waals surface area contributed by atoms with E-state index >= 15 is 0 Å². The van der Waals surface area contributed by atoms with Gasteiger partial charge in [-0.1, -0.05) is 6.07 Å². The first kappa shape index (κ1) is 17.7. The Morgan fingerprint density at radius 1 is 1.11 bits per heavy atom. The Balaban J connectivity index is 1.55. The Hall–Kier alpha value is -2.70. The number of piperidine rings is 1. The number of likely N-dealkylation sites (tertiary alicyclic amines) is 2. The molecule has 2 aliphatic heterocycles. The number of pyridine rings is 1. The Kier molecular flexibility index (Phi) is 5.18. The van der Waals surface area contributed by atoms with Gasteiger partial charge in [-0.25, -0.2) is 0 Å². The standard InChI is InChI=1S/C20H25N5O2/c26-18(12-15-6-5-8-21-13-15)25-11-2-1-7-17(25)19-16(14-22-23-19)20(27)24-9-3-4-10-24/h5-6,8,13-14,17H,1-4,7,9-12H2,(H,22,23)/t17-/m0/s1. The van der Waals surface area contributed by atoms with Crippen LogP contribution in [0, 0.1) is 0 Å². The van der Waals surface area contributed by atoms with E-state index in [1.165, 1.54) is 0 Å². The maximum atomic E-state index is 13.0. The predicted molar refractivity (Wildman–Crippen MR) is 100.0 cm³/mol. The summed E-state index contributed by atoms with van der Waals surface area (Å²) in [7, 11) is 0. The predicted octanol–water partition coefficient (Wildman–Crippen LogP) is 2.34. The molecule has 1 atom stereocenters. The van der Waals surface area contributed by atoms with Gasteiger partial charge in [0.25, 0.3) is 5.91 Å². The molecule has 1 N–H and O–H groups in total. The molecular weight excluding hydrogens is 342 g/mol. The summed E-state index contributed by atoms with van der Waals surface area (Å²) in [4.78, 5) is 33.8. The molecule has 2 aliphatic rings. The molecular formula is C20H25N5O2. The van der Waals surface area contributed by atoms with Crippen molar-refractivity contribution in [1.82, 2.24) is 25.0 Å². The number of amides is 2. The fourth-order valence-electron chi connectivity index (χ4n) is 4.12. The van der Waals surface area contributed by atoms with Crippen molar-refractivity contribution < 1.29 is 9.59 Å². The molecule has 0 radical (unpaired) electrons. The highest BCUT2D eigenvalue weighted by Gasteiger charge is 2.33. The molecule has 27 heavy (non-hydrogen) atoms. The smallest absolute Gasteiger partial charge is 0.257 e. The third-order valence-corrected chi connectivity index (χ3v) is 5.53. The van der Waals surface area contributed by atoms with E-state index in [2.05, 4.69) is 15.2 Å². The van der Waals surface area contributed by atoms with Crippen LogP contribution in [-0.4, -0.2) is 56.4 Å². The van der Waals surface area contributed by atoms with Crippen molar-refractivity contribution >= 4 is 11.8 Å². The van der Waals surface area contributed by atoms with Gasteiger partial charge >= 0.3 is 0 Å². The molecule has 2 fully saturated rings. The van der Waals surface area contributed by atoms with Crippen LogP contribution in [0.3, 0.4) is 0 Å². The van der Waals surface area contributed by atoms with Gasteiger partial charge in [-0.05, 0) is 43.7 Å². The molecule has 2 aromatic rings. The Morgan fingerprint density at radius 3 is 2.70 bits per heavy atom. The van der Waals surface area contributed by atoms with E-state index < -0.39 is 0 Å². The summed E-state index contributed by atoms with van der Waals surface area (Å²) in [5.74, 6) is 0.100. The highest BCUT2D eigenvalue weighted by molar-refractivity contribution is 5.95. The van der Waals surface area contributed by atoms with Crippen molar-refractivity contribution in [3.63, 3.8) is 0 Å². The Bertz CT molecular complexity index is 798. The summed E-state index contributed by atoms with van der Waals surface area (Å²) in [5.41, 5.74) is 2.30. The number of nitrogens with one attached hydrogen (secondary N) is 1. The Labute approximate surface area is 158 Å². The molecule has 7 heteroatoms. The average molecular weight is 367 g/mol. The van der Waals surface area contributed by atoms with Gasteiger partial charge in [0.1, 0.15) is 0 Å². The monoisotopic (exact) mass is 367 g/mol. The van der Waals surface area contributed by atoms with E-state index in [1.54, 1.807) is 18.6 Å². The third-order valence-electron chi connectivity index (χ3n) is 5.53. The summed E-state index contributed by atoms with van der Waals surface area (Å²) in [6.07, 6.45) is 10.4. The molecule has 7 nitrogen and oxygen atoms in total. The lowest BCUT2D eigenvalue weighted by Gasteiger charge is -2.36. The number of aromatic nitrogens is 3. The van der Waals surface area contributed by atoms with Gasteiger partial charge in [0, 0.05) is 32.0 Å². The van der Waals surface area contributed by atoms with E-state index in [9.17, 15) is 9.59 Å². The van der Waals surface area contributed by atoms with Crippen LogP contribution >= 0.6 is 0 Å². The zero-order chi connectivity index (χ0) is 18.6. The van der Waals surface area contributed by atoms with Gasteiger partial charge in [0.15, 0.2) is 0 Å². The largest absolute Gasteiger partial charge is 0.339 e. The van der Waals surface area contributed by atoms with E-state index in [0.717, 1.165) is 56.5 Å². The second-order valence-corrected chi connectivity index (χ2v) is 7.33. The van der Waals surface area contributed by atoms with Crippen LogP contribution in [0.2, 0.25) is 0 Å². The van der Waals surface area contributed by atoms with Gasteiger partial charge in [-0.3, -0.25) is 19.7 Å². The molecule has 2 saturated heterocycles. The number of aromatic amines is 1. The van der Waals surface area contributed by atoms with Crippen LogP contribution in [0.4, 0.5) is 0 Å². The van der Waals surface area contributed by atoms with E-state index in [4.69, 9.17) is 0 Å². The molecule has 0 unspecified atom stereocenters. The molecule has 4 heterocycles. The summed E-state index contributed by atoms with van der Waals surface area (Å²) >= 11 is 0. The summed E-state index contributed by atoms with van der Waals surface area (Å²) < 4.78 is 0. The van der Waals surface area contributed by atoms with Crippen LogP contribution in [0.5, 0.6) is 0 Å². The van der Waals surface area contributed by atoms with Crippen molar-refractivity contribution in [2.75, 3.05) is 19.6 Å². The van der Waals surface area contributed by atoms with Gasteiger partial charge < -0.3 is 9.80 Å². The first-order valence-electron chi connectivity index (χ1n) is 9.75. The lowest BCUT2D eigenvalue weighted by molar-refractivity contribution is -0.134. The zero-order valence-corrected chi connectivity index (χ0v) is 15.4. The maximum Gasteiger partial charge on any atom is 0.257 e. The summed E-state index contributed by atoms with van der Waals surface area (Å²) in [6.45, 7) is 2.32. The topological polar surface area (TPSA) is 82.2 Å². The van der Waals surface area contributed by atoms with Crippen LogP contribution in [0.15, 0.2) is 30.7 Å². The molecule has 0 aliphatic carbocycles. The number of carbonyl (C=O) groups is 2. The molecule has 0 saturated carbocycles. The van der Waals surface area contributed by atoms with E-state index in [1.807, 2.05) is 21.9 Å². The molecule has 142 valence electrons. The minimum Gasteiger partial charge on any atom is -0.339 e. The van der Waals surface area contributed by atoms with Crippen molar-refractivity contribution in [3.8, 4) is 0 Å².